The van der Waals surface area contributed by atoms with Gasteiger partial charge in [-0.3, -0.25) is 9.78 Å². The van der Waals surface area contributed by atoms with Crippen LogP contribution in [0.15, 0.2) is 18.5 Å². The molecule has 1 aromatic heterocycles. The maximum Gasteiger partial charge on any atom is 0.338 e. The van der Waals surface area contributed by atoms with E-state index in [2.05, 4.69) is 4.98 Å². The van der Waals surface area contributed by atoms with Crippen LogP contribution in [-0.4, -0.2) is 39.5 Å². The minimum Gasteiger partial charge on any atom is -0.478 e. The Hall–Kier alpha value is -1.91. The second kappa shape index (κ2) is 4.08. The first-order valence-electron chi connectivity index (χ1n) is 6.15. The second-order valence-corrected chi connectivity index (χ2v) is 5.02. The van der Waals surface area contributed by atoms with Crippen LogP contribution in [0.5, 0.6) is 0 Å². The molecule has 1 saturated carbocycles. The van der Waals surface area contributed by atoms with Crippen molar-refractivity contribution >= 4 is 11.9 Å². The molecule has 1 N–H and O–H groups in total. The molecule has 5 nitrogen and oxygen atoms in total. The van der Waals surface area contributed by atoms with Crippen LogP contribution in [0.1, 0.15) is 40.0 Å². The Bertz CT molecular complexity index is 515. The normalized spacial score (nSPS) is 25.4. The fourth-order valence-corrected chi connectivity index (χ4v) is 3.08. The highest BCUT2D eigenvalue weighted by molar-refractivity contribution is 6.04. The largest absolute Gasteiger partial charge is 0.478 e. The van der Waals surface area contributed by atoms with Gasteiger partial charge in [-0.25, -0.2) is 4.79 Å². The van der Waals surface area contributed by atoms with E-state index < -0.39 is 5.97 Å². The number of carbonyl (C=O) groups excluding carboxylic acids is 1. The number of hydrogen-bond acceptors (Lipinski definition) is 3. The van der Waals surface area contributed by atoms with Crippen molar-refractivity contribution < 1.29 is 14.7 Å². The molecular formula is C13H14N2O3. The molecule has 3 rings (SSSR count). The third kappa shape index (κ3) is 1.66. The summed E-state index contributed by atoms with van der Waals surface area (Å²) in [6, 6.07) is 1.80. The number of carboxylic acids is 1. The molecule has 1 amide bonds. The Balaban J connectivity index is 1.91. The molecule has 5 heteroatoms. The number of piperidine rings is 1. The average Bonchev–Trinajstić information content (AvgIpc) is 3.00. The fraction of sp³-hybridized carbons (Fsp3) is 0.462. The van der Waals surface area contributed by atoms with Crippen LogP contribution in [0.2, 0.25) is 0 Å². The SMILES string of the molecule is O=C(O)c1cnccc1C(=O)N1CC2CCC1C2. The number of aromatic nitrogens is 1. The molecule has 2 unspecified atom stereocenters. The van der Waals surface area contributed by atoms with E-state index in [-0.39, 0.29) is 17.0 Å². The Morgan fingerprint density at radius 3 is 2.78 bits per heavy atom. The molecule has 1 aliphatic heterocycles. The number of amides is 1. The molecule has 1 saturated heterocycles. The Morgan fingerprint density at radius 2 is 2.17 bits per heavy atom. The van der Waals surface area contributed by atoms with Crippen molar-refractivity contribution in [1.29, 1.82) is 0 Å². The molecule has 2 atom stereocenters. The Labute approximate surface area is 104 Å². The van der Waals surface area contributed by atoms with Gasteiger partial charge in [-0.2, -0.15) is 0 Å². The van der Waals surface area contributed by atoms with Crippen molar-refractivity contribution in [3.63, 3.8) is 0 Å². The molecule has 1 aromatic rings. The molecule has 18 heavy (non-hydrogen) atoms. The Kier molecular flexibility index (Phi) is 2.54. The molecule has 2 heterocycles. The molecule has 2 fully saturated rings. The van der Waals surface area contributed by atoms with Crippen molar-refractivity contribution in [2.45, 2.75) is 25.3 Å². The number of carbonyl (C=O) groups is 2. The monoisotopic (exact) mass is 246 g/mol. The molecular weight excluding hydrogens is 232 g/mol. The summed E-state index contributed by atoms with van der Waals surface area (Å²) in [5.41, 5.74) is 0.246. The number of carboxylic acid groups (broad SMARTS) is 1. The standard InChI is InChI=1S/C13H14N2O3/c16-12(15-7-8-1-2-9(15)5-8)10-3-4-14-6-11(10)13(17)18/h3-4,6,8-9H,1-2,5,7H2,(H,17,18). The smallest absolute Gasteiger partial charge is 0.338 e. The highest BCUT2D eigenvalue weighted by atomic mass is 16.4. The molecule has 1 aliphatic carbocycles. The van der Waals surface area contributed by atoms with Crippen LogP contribution >= 0.6 is 0 Å². The van der Waals surface area contributed by atoms with Gasteiger partial charge in [-0.15, -0.1) is 0 Å². The Morgan fingerprint density at radius 1 is 1.33 bits per heavy atom. The summed E-state index contributed by atoms with van der Waals surface area (Å²) >= 11 is 0. The number of hydrogen-bond donors (Lipinski definition) is 1. The highest BCUT2D eigenvalue weighted by Crippen LogP contribution is 2.38. The van der Waals surface area contributed by atoms with Gasteiger partial charge < -0.3 is 10.0 Å². The van der Waals surface area contributed by atoms with E-state index in [1.807, 2.05) is 4.90 Å². The minimum absolute atomic E-state index is 0.00901. The van der Waals surface area contributed by atoms with Crippen LogP contribution in [0, 0.1) is 5.92 Å². The van der Waals surface area contributed by atoms with Gasteiger partial charge in [-0.1, -0.05) is 0 Å². The predicted octanol–water partition coefficient (Wildman–Crippen LogP) is 1.40. The zero-order chi connectivity index (χ0) is 12.7. The summed E-state index contributed by atoms with van der Waals surface area (Å²) in [6.45, 7) is 0.769. The van der Waals surface area contributed by atoms with Crippen LogP contribution in [-0.2, 0) is 0 Å². The van der Waals surface area contributed by atoms with Gasteiger partial charge in [0.25, 0.3) is 5.91 Å². The van der Waals surface area contributed by atoms with Crippen LogP contribution in [0.25, 0.3) is 0 Å². The second-order valence-electron chi connectivity index (χ2n) is 5.02. The summed E-state index contributed by atoms with van der Waals surface area (Å²) in [6.07, 6.45) is 6.01. The lowest BCUT2D eigenvalue weighted by molar-refractivity contribution is 0.0657. The summed E-state index contributed by atoms with van der Waals surface area (Å²) < 4.78 is 0. The van der Waals surface area contributed by atoms with Crippen LogP contribution in [0.4, 0.5) is 0 Å². The van der Waals surface area contributed by atoms with Crippen molar-refractivity contribution in [3.8, 4) is 0 Å². The molecule has 94 valence electrons. The first-order valence-corrected chi connectivity index (χ1v) is 6.15. The van der Waals surface area contributed by atoms with E-state index in [1.54, 1.807) is 0 Å². The third-order valence-corrected chi connectivity index (χ3v) is 3.95. The summed E-state index contributed by atoms with van der Waals surface area (Å²) in [4.78, 5) is 29.1. The average molecular weight is 246 g/mol. The van der Waals surface area contributed by atoms with Gasteiger partial charge in [0, 0.05) is 25.0 Å². The summed E-state index contributed by atoms with van der Waals surface area (Å²) in [7, 11) is 0. The maximum absolute atomic E-state index is 12.4. The van der Waals surface area contributed by atoms with Crippen molar-refractivity contribution in [3.05, 3.63) is 29.6 Å². The number of aromatic carboxylic acids is 1. The van der Waals surface area contributed by atoms with E-state index >= 15 is 0 Å². The van der Waals surface area contributed by atoms with Crippen LogP contribution < -0.4 is 0 Å². The van der Waals surface area contributed by atoms with E-state index in [9.17, 15) is 9.59 Å². The summed E-state index contributed by atoms with van der Waals surface area (Å²) in [5, 5.41) is 9.08. The topological polar surface area (TPSA) is 70.5 Å². The first-order chi connectivity index (χ1) is 8.66. The summed E-state index contributed by atoms with van der Waals surface area (Å²) in [5.74, 6) is -0.660. The zero-order valence-corrected chi connectivity index (χ0v) is 9.87. The van der Waals surface area contributed by atoms with E-state index in [0.29, 0.717) is 12.0 Å². The minimum atomic E-state index is -1.10. The van der Waals surface area contributed by atoms with Crippen molar-refractivity contribution in [2.24, 2.45) is 5.92 Å². The number of fused-ring (bicyclic) bond motifs is 2. The predicted molar refractivity (Wildman–Crippen MR) is 63.4 cm³/mol. The number of rotatable bonds is 2. The van der Waals surface area contributed by atoms with Gasteiger partial charge in [0.2, 0.25) is 0 Å². The molecule has 0 spiro atoms. The lowest BCUT2D eigenvalue weighted by Crippen LogP contribution is -2.38. The van der Waals surface area contributed by atoms with E-state index in [1.165, 1.54) is 24.9 Å². The number of pyridine rings is 1. The molecule has 2 aliphatic rings. The number of likely N-dealkylation sites (tertiary alicyclic amines) is 1. The first kappa shape index (κ1) is 11.2. The molecule has 2 bridgehead atoms. The van der Waals surface area contributed by atoms with E-state index in [4.69, 9.17) is 5.11 Å². The van der Waals surface area contributed by atoms with Gasteiger partial charge in [0.1, 0.15) is 0 Å². The maximum atomic E-state index is 12.4. The van der Waals surface area contributed by atoms with E-state index in [0.717, 1.165) is 19.4 Å². The quantitative estimate of drug-likeness (QED) is 0.856. The molecule has 0 radical (unpaired) electrons. The van der Waals surface area contributed by atoms with Gasteiger partial charge >= 0.3 is 5.97 Å². The van der Waals surface area contributed by atoms with Crippen molar-refractivity contribution in [1.82, 2.24) is 9.88 Å². The molecule has 0 aromatic carbocycles. The van der Waals surface area contributed by atoms with Gasteiger partial charge in [0.15, 0.2) is 0 Å². The third-order valence-electron chi connectivity index (χ3n) is 3.95. The number of nitrogens with zero attached hydrogens (tertiary/aromatic N) is 2. The highest BCUT2D eigenvalue weighted by Gasteiger charge is 2.41. The van der Waals surface area contributed by atoms with Crippen molar-refractivity contribution in [2.75, 3.05) is 6.54 Å². The van der Waals surface area contributed by atoms with Crippen LogP contribution in [0.3, 0.4) is 0 Å². The fourth-order valence-electron chi connectivity index (χ4n) is 3.08. The zero-order valence-electron chi connectivity index (χ0n) is 9.87. The van der Waals surface area contributed by atoms with Gasteiger partial charge in [-0.05, 0) is 31.2 Å². The lowest BCUT2D eigenvalue weighted by atomic mass is 10.1. The lowest BCUT2D eigenvalue weighted by Gasteiger charge is -2.27. The van der Waals surface area contributed by atoms with Gasteiger partial charge in [0.05, 0.1) is 11.1 Å².